The lowest BCUT2D eigenvalue weighted by Crippen LogP contribution is -2.50. The van der Waals surface area contributed by atoms with Crippen molar-refractivity contribution in [1.29, 1.82) is 0 Å². The average molecular weight is 319 g/mol. The van der Waals surface area contributed by atoms with Crippen LogP contribution < -0.4 is 15.5 Å². The van der Waals surface area contributed by atoms with Gasteiger partial charge in [0, 0.05) is 18.8 Å². The molecule has 0 heterocycles. The van der Waals surface area contributed by atoms with Crippen molar-refractivity contribution in [2.24, 2.45) is 5.84 Å². The van der Waals surface area contributed by atoms with Crippen molar-refractivity contribution in [3.63, 3.8) is 0 Å². The van der Waals surface area contributed by atoms with E-state index in [9.17, 15) is 9.59 Å². The second-order valence-electron chi connectivity index (χ2n) is 6.00. The normalized spacial score (nSPS) is 15.1. The van der Waals surface area contributed by atoms with Crippen molar-refractivity contribution in [1.82, 2.24) is 5.01 Å². The molecule has 0 radical (unpaired) electrons. The molecule has 6 nitrogen and oxygen atoms in total. The van der Waals surface area contributed by atoms with Crippen LogP contribution in [0.4, 0.5) is 10.5 Å². The van der Waals surface area contributed by atoms with Gasteiger partial charge in [0.05, 0.1) is 12.7 Å². The molecule has 6 heteroatoms. The molecule has 1 aromatic rings. The van der Waals surface area contributed by atoms with Gasteiger partial charge >= 0.3 is 6.03 Å². The largest absolute Gasteiger partial charge is 0.496 e. The highest BCUT2D eigenvalue weighted by atomic mass is 16.5. The Morgan fingerprint density at radius 3 is 2.39 bits per heavy atom. The Hall–Kier alpha value is -2.08. The Morgan fingerprint density at radius 2 is 1.87 bits per heavy atom. The Morgan fingerprint density at radius 1 is 1.22 bits per heavy atom. The first-order valence-electron chi connectivity index (χ1n) is 7.96. The third-order valence-electron chi connectivity index (χ3n) is 4.29. The Bertz CT molecular complexity index is 580. The SMILES string of the molecule is COc1ccc(N(C(=O)N(C)N)C2CCCCC2)cc1C(C)=O. The van der Waals surface area contributed by atoms with E-state index in [0.29, 0.717) is 17.0 Å². The molecule has 0 spiro atoms. The molecule has 0 aliphatic heterocycles. The minimum atomic E-state index is -0.267. The van der Waals surface area contributed by atoms with E-state index < -0.39 is 0 Å². The maximum atomic E-state index is 12.6. The predicted molar refractivity (Wildman–Crippen MR) is 89.7 cm³/mol. The van der Waals surface area contributed by atoms with Gasteiger partial charge in [0.25, 0.3) is 0 Å². The first-order chi connectivity index (χ1) is 11.0. The van der Waals surface area contributed by atoms with Crippen molar-refractivity contribution in [2.75, 3.05) is 19.1 Å². The smallest absolute Gasteiger partial charge is 0.338 e. The van der Waals surface area contributed by atoms with Gasteiger partial charge < -0.3 is 4.74 Å². The van der Waals surface area contributed by atoms with Crippen LogP contribution in [-0.4, -0.2) is 37.0 Å². The summed E-state index contributed by atoms with van der Waals surface area (Å²) in [5.41, 5.74) is 1.16. The molecule has 1 saturated carbocycles. The number of nitrogens with zero attached hydrogens (tertiary/aromatic N) is 2. The fourth-order valence-corrected chi connectivity index (χ4v) is 3.11. The fourth-order valence-electron chi connectivity index (χ4n) is 3.11. The van der Waals surface area contributed by atoms with Crippen LogP contribution >= 0.6 is 0 Å². The van der Waals surface area contributed by atoms with Gasteiger partial charge in [0.1, 0.15) is 5.75 Å². The van der Waals surface area contributed by atoms with Gasteiger partial charge in [-0.15, -0.1) is 0 Å². The van der Waals surface area contributed by atoms with Crippen molar-refractivity contribution >= 4 is 17.5 Å². The number of urea groups is 1. The van der Waals surface area contributed by atoms with Crippen LogP contribution in [0.25, 0.3) is 0 Å². The number of amides is 2. The van der Waals surface area contributed by atoms with E-state index in [1.807, 2.05) is 0 Å². The molecule has 2 N–H and O–H groups in total. The molecule has 2 rings (SSSR count). The standard InChI is InChI=1S/C17H25N3O3/c1-12(21)15-11-14(9-10-16(15)23-3)20(17(22)19(2)18)13-7-5-4-6-8-13/h9-11,13H,4-8,18H2,1-3H3. The highest BCUT2D eigenvalue weighted by molar-refractivity contribution is 5.99. The number of nitrogens with two attached hydrogens (primary N) is 1. The first-order valence-corrected chi connectivity index (χ1v) is 7.96. The summed E-state index contributed by atoms with van der Waals surface area (Å²) in [5.74, 6) is 6.10. The number of carbonyl (C=O) groups excluding carboxylic acids is 2. The van der Waals surface area contributed by atoms with Crippen LogP contribution in [0.15, 0.2) is 18.2 Å². The second kappa shape index (κ2) is 7.46. The number of hydrogen-bond donors (Lipinski definition) is 1. The van der Waals surface area contributed by atoms with Crippen molar-refractivity contribution in [2.45, 2.75) is 45.1 Å². The zero-order chi connectivity index (χ0) is 17.0. The third-order valence-corrected chi connectivity index (χ3v) is 4.29. The maximum Gasteiger partial charge on any atom is 0.338 e. The van der Waals surface area contributed by atoms with Gasteiger partial charge in [0.15, 0.2) is 5.78 Å². The van der Waals surface area contributed by atoms with Crippen LogP contribution in [0.3, 0.4) is 0 Å². The number of ketones is 1. The molecule has 0 atom stereocenters. The number of hydrogen-bond acceptors (Lipinski definition) is 4. The van der Waals surface area contributed by atoms with Crippen LogP contribution in [0.2, 0.25) is 0 Å². The van der Waals surface area contributed by atoms with E-state index >= 15 is 0 Å². The highest BCUT2D eigenvalue weighted by Gasteiger charge is 2.29. The molecule has 2 amide bonds. The van der Waals surface area contributed by atoms with Crippen molar-refractivity contribution in [3.05, 3.63) is 23.8 Å². The van der Waals surface area contributed by atoms with Gasteiger partial charge in [-0.25, -0.2) is 10.6 Å². The zero-order valence-electron chi connectivity index (χ0n) is 14.0. The Balaban J connectivity index is 2.44. The van der Waals surface area contributed by atoms with Crippen LogP contribution in [0.5, 0.6) is 5.75 Å². The first kappa shape index (κ1) is 17.3. The number of hydrazine groups is 1. The number of Topliss-reactive ketones (excluding diaryl/α,β-unsaturated/α-hetero) is 1. The summed E-state index contributed by atoms with van der Waals surface area (Å²) in [6, 6.07) is 5.09. The van der Waals surface area contributed by atoms with E-state index in [1.165, 1.54) is 27.5 Å². The number of rotatable bonds is 4. The third kappa shape index (κ3) is 3.82. The van der Waals surface area contributed by atoms with Crippen molar-refractivity contribution < 1.29 is 14.3 Å². The van der Waals surface area contributed by atoms with E-state index in [0.717, 1.165) is 30.7 Å². The van der Waals surface area contributed by atoms with E-state index in [-0.39, 0.29) is 17.9 Å². The quantitative estimate of drug-likeness (QED) is 0.401. The minimum absolute atomic E-state index is 0.0964. The van der Waals surface area contributed by atoms with Gasteiger partial charge in [-0.3, -0.25) is 14.7 Å². The molecule has 0 unspecified atom stereocenters. The average Bonchev–Trinajstić information content (AvgIpc) is 2.55. The van der Waals surface area contributed by atoms with Crippen LogP contribution in [0.1, 0.15) is 49.4 Å². The molecule has 1 aliphatic carbocycles. The second-order valence-corrected chi connectivity index (χ2v) is 6.00. The van der Waals surface area contributed by atoms with Gasteiger partial charge in [-0.1, -0.05) is 19.3 Å². The van der Waals surface area contributed by atoms with Gasteiger partial charge in [-0.2, -0.15) is 0 Å². The maximum absolute atomic E-state index is 12.6. The number of benzene rings is 1. The monoisotopic (exact) mass is 319 g/mol. The summed E-state index contributed by atoms with van der Waals surface area (Å²) < 4.78 is 5.24. The molecule has 1 aromatic carbocycles. The van der Waals surface area contributed by atoms with Gasteiger partial charge in [-0.05, 0) is 38.0 Å². The number of carbonyl (C=O) groups is 2. The van der Waals surface area contributed by atoms with Gasteiger partial charge in [0.2, 0.25) is 0 Å². The van der Waals surface area contributed by atoms with E-state index in [1.54, 1.807) is 23.1 Å². The molecule has 126 valence electrons. The molecular weight excluding hydrogens is 294 g/mol. The Kier molecular flexibility index (Phi) is 5.60. The molecule has 0 bridgehead atoms. The molecular formula is C17H25N3O3. The molecule has 0 saturated heterocycles. The summed E-state index contributed by atoms with van der Waals surface area (Å²) in [7, 11) is 3.06. The molecule has 1 aliphatic rings. The Labute approximate surface area is 137 Å². The summed E-state index contributed by atoms with van der Waals surface area (Å²) in [6.45, 7) is 1.49. The molecule has 1 fully saturated rings. The minimum Gasteiger partial charge on any atom is -0.496 e. The number of anilines is 1. The molecule has 0 aromatic heterocycles. The van der Waals surface area contributed by atoms with E-state index in [2.05, 4.69) is 0 Å². The van der Waals surface area contributed by atoms with Crippen molar-refractivity contribution in [3.8, 4) is 5.75 Å². The lowest BCUT2D eigenvalue weighted by Gasteiger charge is -2.36. The molecule has 23 heavy (non-hydrogen) atoms. The summed E-state index contributed by atoms with van der Waals surface area (Å²) in [6.07, 6.45) is 5.28. The lowest BCUT2D eigenvalue weighted by molar-refractivity contribution is 0.101. The summed E-state index contributed by atoms with van der Waals surface area (Å²) in [5, 5.41) is 1.09. The van der Waals surface area contributed by atoms with Crippen LogP contribution in [-0.2, 0) is 0 Å². The predicted octanol–water partition coefficient (Wildman–Crippen LogP) is 2.96. The fraction of sp³-hybridized carbons (Fsp3) is 0.529. The van der Waals surface area contributed by atoms with Crippen LogP contribution in [0, 0.1) is 0 Å². The summed E-state index contributed by atoms with van der Waals surface area (Å²) >= 11 is 0. The van der Waals surface area contributed by atoms with E-state index in [4.69, 9.17) is 10.6 Å². The topological polar surface area (TPSA) is 75.9 Å². The zero-order valence-corrected chi connectivity index (χ0v) is 14.0. The highest BCUT2D eigenvalue weighted by Crippen LogP contribution is 2.31. The summed E-state index contributed by atoms with van der Waals surface area (Å²) in [4.78, 5) is 26.2. The number of ether oxygens (including phenoxy) is 1. The number of methoxy groups -OCH3 is 1. The lowest BCUT2D eigenvalue weighted by atomic mass is 9.93.